The molecule has 4 N–H and O–H groups in total. The third-order valence-corrected chi connectivity index (χ3v) is 2.09. The van der Waals surface area contributed by atoms with Crippen molar-refractivity contribution in [3.8, 4) is 0 Å². The van der Waals surface area contributed by atoms with Gasteiger partial charge in [0.2, 0.25) is 5.95 Å². The molecule has 0 bridgehead atoms. The minimum Gasteiger partial charge on any atom is -0.368 e. The second-order valence-corrected chi connectivity index (χ2v) is 3.13. The van der Waals surface area contributed by atoms with Crippen LogP contribution in [0, 0.1) is 0 Å². The summed E-state index contributed by atoms with van der Waals surface area (Å²) >= 11 is 0. The minimum absolute atomic E-state index is 0. The van der Waals surface area contributed by atoms with E-state index in [1.807, 2.05) is 6.07 Å². The fourth-order valence-corrected chi connectivity index (χ4v) is 1.44. The Kier molecular flexibility index (Phi) is 6.31. The van der Waals surface area contributed by atoms with Gasteiger partial charge in [-0.1, -0.05) is 0 Å². The summed E-state index contributed by atoms with van der Waals surface area (Å²) in [7, 11) is 0. The second-order valence-electron chi connectivity index (χ2n) is 3.13. The van der Waals surface area contributed by atoms with Gasteiger partial charge in [-0.3, -0.25) is 0 Å². The molecule has 0 radical (unpaired) electrons. The highest BCUT2D eigenvalue weighted by atomic mass is 35.5. The molecule has 0 spiro atoms. The predicted octanol–water partition coefficient (Wildman–Crippen LogP) is 0.676. The van der Waals surface area contributed by atoms with Crippen molar-refractivity contribution in [1.29, 1.82) is 0 Å². The Morgan fingerprint density at radius 1 is 1.47 bits per heavy atom. The molecule has 86 valence electrons. The summed E-state index contributed by atoms with van der Waals surface area (Å²) < 4.78 is 0. The first-order chi connectivity index (χ1) is 6.34. The predicted molar refractivity (Wildman–Crippen MR) is 65.8 cm³/mol. The van der Waals surface area contributed by atoms with Gasteiger partial charge < -0.3 is 16.4 Å². The number of nitrogens with two attached hydrogens (primary N) is 1. The van der Waals surface area contributed by atoms with E-state index < -0.39 is 0 Å². The lowest BCUT2D eigenvalue weighted by molar-refractivity contribution is 0.787. The maximum Gasteiger partial charge on any atom is 0.221 e. The molecule has 2 rings (SSSR count). The Bertz CT molecular complexity index is 290. The molecule has 1 aromatic rings. The van der Waals surface area contributed by atoms with E-state index in [1.165, 1.54) is 0 Å². The van der Waals surface area contributed by atoms with Gasteiger partial charge in [0.15, 0.2) is 0 Å². The number of nitrogens with zero attached hydrogens (tertiary/aromatic N) is 2. The summed E-state index contributed by atoms with van der Waals surface area (Å²) in [4.78, 5) is 7.89. The summed E-state index contributed by atoms with van der Waals surface area (Å²) in [5.74, 6) is 1.12. The first-order valence-corrected chi connectivity index (χ1v) is 4.40. The summed E-state index contributed by atoms with van der Waals surface area (Å²) in [5.41, 5.74) is 5.46. The monoisotopic (exact) mass is 251 g/mol. The van der Waals surface area contributed by atoms with E-state index in [9.17, 15) is 0 Å². The van der Waals surface area contributed by atoms with Crippen LogP contribution in [-0.2, 0) is 0 Å². The number of rotatable bonds is 2. The number of nitrogens with one attached hydrogen (secondary N) is 2. The number of halogens is 2. The van der Waals surface area contributed by atoms with Crippen molar-refractivity contribution in [2.75, 3.05) is 24.1 Å². The molecule has 0 aliphatic carbocycles. The van der Waals surface area contributed by atoms with Crippen molar-refractivity contribution in [2.24, 2.45) is 0 Å². The Balaban J connectivity index is 0.000000980. The van der Waals surface area contributed by atoms with Gasteiger partial charge in [-0.15, -0.1) is 24.8 Å². The second kappa shape index (κ2) is 6.66. The lowest BCUT2D eigenvalue weighted by Gasteiger charge is -2.11. The highest BCUT2D eigenvalue weighted by Crippen LogP contribution is 2.08. The SMILES string of the molecule is Cl.Cl.Nc1nccc(NC2CCNC2)n1. The van der Waals surface area contributed by atoms with Gasteiger partial charge in [0.05, 0.1) is 0 Å². The van der Waals surface area contributed by atoms with Gasteiger partial charge in [0.25, 0.3) is 0 Å². The molecule has 1 fully saturated rings. The van der Waals surface area contributed by atoms with Gasteiger partial charge in [-0.05, 0) is 19.0 Å². The first kappa shape index (κ1) is 14.2. The molecule has 15 heavy (non-hydrogen) atoms. The van der Waals surface area contributed by atoms with Crippen LogP contribution >= 0.6 is 24.8 Å². The molecule has 5 nitrogen and oxygen atoms in total. The van der Waals surface area contributed by atoms with Crippen LogP contribution in [0.4, 0.5) is 11.8 Å². The molecule has 1 aliphatic heterocycles. The fourth-order valence-electron chi connectivity index (χ4n) is 1.44. The lowest BCUT2D eigenvalue weighted by Crippen LogP contribution is -2.22. The molecule has 1 saturated heterocycles. The van der Waals surface area contributed by atoms with Crippen LogP contribution in [0.15, 0.2) is 12.3 Å². The zero-order valence-corrected chi connectivity index (χ0v) is 9.77. The molecular formula is C8H15Cl2N5. The topological polar surface area (TPSA) is 75.9 Å². The van der Waals surface area contributed by atoms with E-state index in [-0.39, 0.29) is 24.8 Å². The van der Waals surface area contributed by atoms with Gasteiger partial charge in [0.1, 0.15) is 5.82 Å². The Hall–Kier alpha value is -0.780. The summed E-state index contributed by atoms with van der Waals surface area (Å²) in [6, 6.07) is 2.30. The summed E-state index contributed by atoms with van der Waals surface area (Å²) in [6.07, 6.45) is 2.79. The standard InChI is InChI=1S/C8H13N5.2ClH/c9-8-11-4-2-7(13-8)12-6-1-3-10-5-6;;/h2,4,6,10H,1,3,5H2,(H3,9,11,12,13);2*1H. The third-order valence-electron chi connectivity index (χ3n) is 2.09. The third kappa shape index (κ3) is 4.07. The Morgan fingerprint density at radius 3 is 2.87 bits per heavy atom. The number of nitrogen functional groups attached to an aromatic ring is 1. The van der Waals surface area contributed by atoms with E-state index in [1.54, 1.807) is 6.20 Å². The number of aromatic nitrogens is 2. The minimum atomic E-state index is 0. The van der Waals surface area contributed by atoms with E-state index in [2.05, 4.69) is 20.6 Å². The van der Waals surface area contributed by atoms with Gasteiger partial charge in [-0.25, -0.2) is 4.98 Å². The molecule has 1 aromatic heterocycles. The molecule has 1 unspecified atom stereocenters. The Morgan fingerprint density at radius 2 is 2.27 bits per heavy atom. The van der Waals surface area contributed by atoms with Crippen LogP contribution in [0.3, 0.4) is 0 Å². The van der Waals surface area contributed by atoms with Crippen molar-refractivity contribution in [2.45, 2.75) is 12.5 Å². The van der Waals surface area contributed by atoms with E-state index >= 15 is 0 Å². The van der Waals surface area contributed by atoms with Crippen LogP contribution in [0.1, 0.15) is 6.42 Å². The molecule has 7 heteroatoms. The Labute approximate surface area is 101 Å². The molecule has 1 atom stereocenters. The molecule has 0 amide bonds. The van der Waals surface area contributed by atoms with Crippen molar-refractivity contribution in [1.82, 2.24) is 15.3 Å². The number of hydrogen-bond acceptors (Lipinski definition) is 5. The van der Waals surface area contributed by atoms with Crippen LogP contribution < -0.4 is 16.4 Å². The van der Waals surface area contributed by atoms with E-state index in [4.69, 9.17) is 5.73 Å². The quantitative estimate of drug-likeness (QED) is 0.721. The zero-order chi connectivity index (χ0) is 9.10. The van der Waals surface area contributed by atoms with Crippen molar-refractivity contribution < 1.29 is 0 Å². The first-order valence-electron chi connectivity index (χ1n) is 4.40. The van der Waals surface area contributed by atoms with Crippen LogP contribution in [0.2, 0.25) is 0 Å². The highest BCUT2D eigenvalue weighted by molar-refractivity contribution is 5.85. The number of hydrogen-bond donors (Lipinski definition) is 3. The smallest absolute Gasteiger partial charge is 0.221 e. The van der Waals surface area contributed by atoms with E-state index in [0.29, 0.717) is 12.0 Å². The van der Waals surface area contributed by atoms with Gasteiger partial charge >= 0.3 is 0 Å². The highest BCUT2D eigenvalue weighted by Gasteiger charge is 2.13. The molecule has 0 aromatic carbocycles. The normalized spacial score (nSPS) is 18.8. The van der Waals surface area contributed by atoms with Crippen molar-refractivity contribution in [3.05, 3.63) is 12.3 Å². The van der Waals surface area contributed by atoms with Crippen LogP contribution in [0.25, 0.3) is 0 Å². The lowest BCUT2D eigenvalue weighted by atomic mass is 10.2. The number of anilines is 2. The van der Waals surface area contributed by atoms with Crippen LogP contribution in [-0.4, -0.2) is 29.1 Å². The van der Waals surface area contributed by atoms with E-state index in [0.717, 1.165) is 25.3 Å². The molecule has 0 saturated carbocycles. The van der Waals surface area contributed by atoms with Gasteiger partial charge in [-0.2, -0.15) is 4.98 Å². The molecule has 1 aliphatic rings. The molecule has 2 heterocycles. The average molecular weight is 252 g/mol. The average Bonchev–Trinajstić information content (AvgIpc) is 2.57. The van der Waals surface area contributed by atoms with Crippen LogP contribution in [0.5, 0.6) is 0 Å². The summed E-state index contributed by atoms with van der Waals surface area (Å²) in [5, 5.41) is 6.56. The summed E-state index contributed by atoms with van der Waals surface area (Å²) in [6.45, 7) is 2.06. The maximum atomic E-state index is 5.46. The van der Waals surface area contributed by atoms with Crippen molar-refractivity contribution >= 4 is 36.6 Å². The van der Waals surface area contributed by atoms with Gasteiger partial charge in [0, 0.05) is 18.8 Å². The maximum absolute atomic E-state index is 5.46. The zero-order valence-electron chi connectivity index (χ0n) is 8.14. The molecular weight excluding hydrogens is 237 g/mol. The fraction of sp³-hybridized carbons (Fsp3) is 0.500. The largest absolute Gasteiger partial charge is 0.368 e. The van der Waals surface area contributed by atoms with Crippen molar-refractivity contribution in [3.63, 3.8) is 0 Å².